The van der Waals surface area contributed by atoms with Gasteiger partial charge in [0.15, 0.2) is 12.0 Å². The molecular formula is C25H30N4O3. The van der Waals surface area contributed by atoms with Crippen LogP contribution in [0.25, 0.3) is 16.7 Å². The zero-order valence-electron chi connectivity index (χ0n) is 19.0. The average molecular weight is 435 g/mol. The molecule has 2 atom stereocenters. The van der Waals surface area contributed by atoms with Gasteiger partial charge in [0.05, 0.1) is 17.5 Å². The summed E-state index contributed by atoms with van der Waals surface area (Å²) in [5.74, 6) is 1.17. The number of ketones is 1. The first-order valence-corrected chi connectivity index (χ1v) is 11.3. The molecule has 168 valence electrons. The number of hydrogen-bond donors (Lipinski definition) is 0. The Morgan fingerprint density at radius 3 is 2.84 bits per heavy atom. The quantitative estimate of drug-likeness (QED) is 0.379. The lowest BCUT2D eigenvalue weighted by Gasteiger charge is -2.30. The SMILES string of the molecule is CCOC(Cc1nc2cc(C(C)=O)ccc2n1-c1cccc(C2CCCN(C)C2)c1)N=O. The first kappa shape index (κ1) is 22.3. The fourth-order valence-corrected chi connectivity index (χ4v) is 4.61. The predicted octanol–water partition coefficient (Wildman–Crippen LogP) is 4.71. The van der Waals surface area contributed by atoms with E-state index in [-0.39, 0.29) is 12.2 Å². The molecule has 0 N–H and O–H groups in total. The van der Waals surface area contributed by atoms with Crippen LogP contribution in [0.15, 0.2) is 47.6 Å². The van der Waals surface area contributed by atoms with E-state index in [0.717, 1.165) is 29.8 Å². The molecule has 2 unspecified atom stereocenters. The van der Waals surface area contributed by atoms with Gasteiger partial charge in [-0.2, -0.15) is 0 Å². The fourth-order valence-electron chi connectivity index (χ4n) is 4.61. The molecule has 0 bridgehead atoms. The van der Waals surface area contributed by atoms with Gasteiger partial charge in [-0.25, -0.2) is 4.98 Å². The van der Waals surface area contributed by atoms with E-state index in [9.17, 15) is 9.70 Å². The van der Waals surface area contributed by atoms with Crippen LogP contribution in [-0.2, 0) is 11.2 Å². The highest BCUT2D eigenvalue weighted by Crippen LogP contribution is 2.30. The molecule has 0 aliphatic carbocycles. The topological polar surface area (TPSA) is 76.8 Å². The number of carbonyl (C=O) groups excluding carboxylic acids is 1. The van der Waals surface area contributed by atoms with Gasteiger partial charge in [-0.15, -0.1) is 4.91 Å². The first-order chi connectivity index (χ1) is 15.5. The van der Waals surface area contributed by atoms with Crippen molar-refractivity contribution in [2.75, 3.05) is 26.7 Å². The normalized spacial score (nSPS) is 18.0. The highest BCUT2D eigenvalue weighted by molar-refractivity contribution is 5.97. The Morgan fingerprint density at radius 1 is 1.28 bits per heavy atom. The van der Waals surface area contributed by atoms with E-state index in [0.29, 0.717) is 23.9 Å². The molecule has 4 rings (SSSR count). The highest BCUT2D eigenvalue weighted by atomic mass is 16.5. The number of nitroso groups, excluding NO2 is 1. The molecule has 7 heteroatoms. The zero-order valence-corrected chi connectivity index (χ0v) is 19.0. The third-order valence-corrected chi connectivity index (χ3v) is 6.19. The maximum absolute atomic E-state index is 11.9. The van der Waals surface area contributed by atoms with E-state index in [2.05, 4.69) is 46.0 Å². The predicted molar refractivity (Wildman–Crippen MR) is 125 cm³/mol. The molecule has 0 spiro atoms. The molecule has 0 amide bonds. The van der Waals surface area contributed by atoms with Crippen molar-refractivity contribution in [3.05, 3.63) is 64.3 Å². The molecule has 7 nitrogen and oxygen atoms in total. The number of hydrogen-bond acceptors (Lipinski definition) is 6. The third kappa shape index (κ3) is 4.64. The summed E-state index contributed by atoms with van der Waals surface area (Å²) in [7, 11) is 2.17. The number of nitrogens with zero attached hydrogens (tertiary/aromatic N) is 4. The van der Waals surface area contributed by atoms with Gasteiger partial charge in [0, 0.05) is 24.4 Å². The van der Waals surface area contributed by atoms with Crippen LogP contribution in [0.3, 0.4) is 0 Å². The molecule has 3 aromatic rings. The number of imidazole rings is 1. The van der Waals surface area contributed by atoms with Crippen molar-refractivity contribution in [3.8, 4) is 5.69 Å². The zero-order chi connectivity index (χ0) is 22.7. The van der Waals surface area contributed by atoms with Crippen molar-refractivity contribution in [3.63, 3.8) is 0 Å². The molecule has 1 fully saturated rings. The van der Waals surface area contributed by atoms with Crippen LogP contribution in [-0.4, -0.2) is 53.2 Å². The molecule has 0 radical (unpaired) electrons. The fraction of sp³-hybridized carbons (Fsp3) is 0.440. The second-order valence-corrected chi connectivity index (χ2v) is 8.54. The molecule has 1 aromatic heterocycles. The Morgan fingerprint density at radius 2 is 2.12 bits per heavy atom. The van der Waals surface area contributed by atoms with Crippen LogP contribution < -0.4 is 0 Å². The molecule has 0 saturated carbocycles. The summed E-state index contributed by atoms with van der Waals surface area (Å²) in [6.45, 7) is 5.97. The molecule has 1 aliphatic heterocycles. The Labute approximate surface area is 188 Å². The second-order valence-electron chi connectivity index (χ2n) is 8.54. The molecule has 32 heavy (non-hydrogen) atoms. The summed E-state index contributed by atoms with van der Waals surface area (Å²) in [6.07, 6.45) is 1.82. The number of fused-ring (bicyclic) bond motifs is 1. The summed E-state index contributed by atoms with van der Waals surface area (Å²) in [5.41, 5.74) is 4.52. The molecule has 2 aromatic carbocycles. The number of likely N-dealkylation sites (tertiary alicyclic amines) is 1. The summed E-state index contributed by atoms with van der Waals surface area (Å²) >= 11 is 0. The van der Waals surface area contributed by atoms with Gasteiger partial charge in [-0.1, -0.05) is 12.1 Å². The van der Waals surface area contributed by atoms with Crippen LogP contribution in [0, 0.1) is 4.91 Å². The number of Topliss-reactive ketones (excluding diaryl/α,β-unsaturated/α-hetero) is 1. The Bertz CT molecular complexity index is 1120. The highest BCUT2D eigenvalue weighted by Gasteiger charge is 2.22. The van der Waals surface area contributed by atoms with Crippen LogP contribution in [0.4, 0.5) is 0 Å². The minimum Gasteiger partial charge on any atom is -0.353 e. The van der Waals surface area contributed by atoms with Crippen molar-refractivity contribution >= 4 is 16.8 Å². The van der Waals surface area contributed by atoms with E-state index in [1.165, 1.54) is 18.4 Å². The first-order valence-electron chi connectivity index (χ1n) is 11.3. The van der Waals surface area contributed by atoms with Gasteiger partial charge in [0.25, 0.3) is 0 Å². The number of benzene rings is 2. The van der Waals surface area contributed by atoms with Crippen molar-refractivity contribution < 1.29 is 9.53 Å². The van der Waals surface area contributed by atoms with E-state index >= 15 is 0 Å². The largest absolute Gasteiger partial charge is 0.353 e. The second kappa shape index (κ2) is 9.71. The maximum Gasteiger partial charge on any atom is 0.196 e. The summed E-state index contributed by atoms with van der Waals surface area (Å²) in [5, 5.41) is 3.14. The molecule has 2 heterocycles. The number of likely N-dealkylation sites (N-methyl/N-ethyl adjacent to an activating group) is 1. The van der Waals surface area contributed by atoms with Gasteiger partial charge in [0.2, 0.25) is 0 Å². The monoisotopic (exact) mass is 434 g/mol. The number of carbonyl (C=O) groups is 1. The standard InChI is InChI=1S/C25H30N4O3/c1-4-32-25(27-31)15-24-26-22-14-18(17(2)30)10-11-23(22)29(24)21-9-5-7-19(13-21)20-8-6-12-28(3)16-20/h5,7,9-11,13-14,20,25H,4,6,8,12,15-16H2,1-3H3. The summed E-state index contributed by atoms with van der Waals surface area (Å²) in [4.78, 5) is 30.4. The lowest BCUT2D eigenvalue weighted by Crippen LogP contribution is -2.30. The van der Waals surface area contributed by atoms with E-state index in [1.54, 1.807) is 6.92 Å². The summed E-state index contributed by atoms with van der Waals surface area (Å²) in [6, 6.07) is 14.1. The van der Waals surface area contributed by atoms with Gasteiger partial charge in [-0.05, 0) is 87.3 Å². The van der Waals surface area contributed by atoms with Gasteiger partial charge < -0.3 is 9.64 Å². The third-order valence-electron chi connectivity index (χ3n) is 6.19. The Kier molecular flexibility index (Phi) is 6.77. The van der Waals surface area contributed by atoms with Crippen molar-refractivity contribution in [2.24, 2.45) is 5.18 Å². The van der Waals surface area contributed by atoms with Crippen LogP contribution in [0.1, 0.15) is 54.4 Å². The van der Waals surface area contributed by atoms with Crippen LogP contribution in [0.2, 0.25) is 0 Å². The maximum atomic E-state index is 11.9. The van der Waals surface area contributed by atoms with Gasteiger partial charge in [0.1, 0.15) is 5.82 Å². The lowest BCUT2D eigenvalue weighted by atomic mass is 9.90. The number of aromatic nitrogens is 2. The van der Waals surface area contributed by atoms with Crippen LogP contribution in [0.5, 0.6) is 0 Å². The molecule has 1 saturated heterocycles. The Balaban J connectivity index is 1.80. The minimum atomic E-state index is -0.807. The van der Waals surface area contributed by atoms with Crippen molar-refractivity contribution in [1.82, 2.24) is 14.5 Å². The van der Waals surface area contributed by atoms with E-state index in [1.807, 2.05) is 25.1 Å². The lowest BCUT2D eigenvalue weighted by molar-refractivity contribution is 0.0671. The minimum absolute atomic E-state index is 0.00633. The average Bonchev–Trinajstić information content (AvgIpc) is 3.15. The summed E-state index contributed by atoms with van der Waals surface area (Å²) < 4.78 is 7.54. The smallest absolute Gasteiger partial charge is 0.196 e. The molecule has 1 aliphatic rings. The number of rotatable bonds is 8. The van der Waals surface area contributed by atoms with Gasteiger partial charge in [-0.3, -0.25) is 9.36 Å². The van der Waals surface area contributed by atoms with Crippen LogP contribution >= 0.6 is 0 Å². The van der Waals surface area contributed by atoms with Crippen molar-refractivity contribution in [2.45, 2.75) is 45.3 Å². The number of ether oxygens (including phenoxy) is 1. The van der Waals surface area contributed by atoms with Crippen molar-refractivity contribution in [1.29, 1.82) is 0 Å². The van der Waals surface area contributed by atoms with Gasteiger partial charge >= 0.3 is 0 Å². The van der Waals surface area contributed by atoms with E-state index < -0.39 is 6.23 Å². The Hall–Kier alpha value is -2.90. The van der Waals surface area contributed by atoms with E-state index in [4.69, 9.17) is 9.72 Å². The number of piperidine rings is 1. The molecular weight excluding hydrogens is 404 g/mol.